The molecule has 1 fully saturated rings. The van der Waals surface area contributed by atoms with Crippen LogP contribution in [0.4, 0.5) is 0 Å². The Hall–Kier alpha value is -1.73. The molecule has 0 radical (unpaired) electrons. The van der Waals surface area contributed by atoms with Gasteiger partial charge in [-0.25, -0.2) is 0 Å². The Morgan fingerprint density at radius 1 is 1.08 bits per heavy atom. The number of amides is 1. The van der Waals surface area contributed by atoms with Crippen molar-refractivity contribution in [2.45, 2.75) is 98.3 Å². The van der Waals surface area contributed by atoms with E-state index in [4.69, 9.17) is 9.47 Å². The minimum atomic E-state index is -0.0356. The van der Waals surface area contributed by atoms with E-state index in [-0.39, 0.29) is 13.4 Å². The van der Waals surface area contributed by atoms with Gasteiger partial charge in [0.05, 0.1) is 13.7 Å². The van der Waals surface area contributed by atoms with Crippen LogP contribution in [0.15, 0.2) is 29.2 Å². The molecule has 1 saturated heterocycles. The van der Waals surface area contributed by atoms with Crippen molar-refractivity contribution in [3.05, 3.63) is 24.3 Å². The number of ether oxygens (including phenoxy) is 2. The van der Waals surface area contributed by atoms with Crippen molar-refractivity contribution >= 4 is 24.3 Å². The van der Waals surface area contributed by atoms with E-state index in [0.717, 1.165) is 57.5 Å². The summed E-state index contributed by atoms with van der Waals surface area (Å²) in [4.78, 5) is 24.4. The number of unbranched alkanes of at least 4 members (excludes halogenated alkanes) is 1. The number of hydrogen-bond acceptors (Lipinski definition) is 6. The number of hydrogen-bond donors (Lipinski definition) is 1. The maximum absolute atomic E-state index is 11.3. The first-order valence-electron chi connectivity index (χ1n) is 13.2. The molecule has 1 aliphatic heterocycles. The molecule has 1 unspecified atom stereocenters. The summed E-state index contributed by atoms with van der Waals surface area (Å²) in [7, 11) is 1.68. The average Bonchev–Trinajstić information content (AvgIpc) is 2.85. The molecule has 6 nitrogen and oxygen atoms in total. The number of esters is 1. The van der Waals surface area contributed by atoms with Crippen molar-refractivity contribution in [2.75, 3.05) is 33.4 Å². The molecule has 1 N–H and O–H groups in total. The fraction of sp³-hybridized carbons (Fsp3) is 0.724. The molecule has 0 spiro atoms. The van der Waals surface area contributed by atoms with E-state index in [1.165, 1.54) is 24.2 Å². The Morgan fingerprint density at radius 3 is 2.19 bits per heavy atom. The molecule has 1 aromatic rings. The van der Waals surface area contributed by atoms with Gasteiger partial charge in [0.15, 0.2) is 0 Å². The van der Waals surface area contributed by atoms with Gasteiger partial charge in [-0.3, -0.25) is 14.3 Å². The van der Waals surface area contributed by atoms with Crippen LogP contribution in [0, 0.1) is 11.8 Å². The second-order valence-electron chi connectivity index (χ2n) is 9.39. The van der Waals surface area contributed by atoms with E-state index in [2.05, 4.69) is 39.3 Å². The Morgan fingerprint density at radius 2 is 1.72 bits per heavy atom. The molecular weight excluding hydrogens is 472 g/mol. The van der Waals surface area contributed by atoms with Gasteiger partial charge in [0.25, 0.3) is 0 Å². The normalized spacial score (nSPS) is 13.2. The van der Waals surface area contributed by atoms with E-state index in [0.29, 0.717) is 24.9 Å². The van der Waals surface area contributed by atoms with Gasteiger partial charge in [-0.15, -0.1) is 0 Å². The first kappa shape index (κ1) is 36.4. The largest absolute Gasteiger partial charge is 0.497 e. The van der Waals surface area contributed by atoms with Crippen molar-refractivity contribution in [3.63, 3.8) is 0 Å². The average molecular weight is 527 g/mol. The first-order valence-corrected chi connectivity index (χ1v) is 14.1. The van der Waals surface area contributed by atoms with Gasteiger partial charge in [-0.05, 0) is 86.6 Å². The van der Waals surface area contributed by atoms with Crippen LogP contribution in [-0.2, 0) is 14.3 Å². The maximum Gasteiger partial charge on any atom is 0.306 e. The summed E-state index contributed by atoms with van der Waals surface area (Å²) >= 11 is 1.66. The lowest BCUT2D eigenvalue weighted by Crippen LogP contribution is -2.27. The van der Waals surface area contributed by atoms with Gasteiger partial charge >= 0.3 is 5.97 Å². The molecule has 1 aromatic carbocycles. The molecule has 210 valence electrons. The van der Waals surface area contributed by atoms with E-state index in [9.17, 15) is 9.59 Å². The topological polar surface area (TPSA) is 67.9 Å². The zero-order chi connectivity index (χ0) is 26.3. The highest BCUT2D eigenvalue weighted by atomic mass is 32.2. The minimum Gasteiger partial charge on any atom is -0.497 e. The standard InChI is InChI=1S/C12H24O2.C10H15NOS.C6H11NO.CH4/c1-5-6-7-14-12(13)9-11(4)8-10(2)3;1-3-8-11-13-10-6-4-9(12-2)5-7-10;8-6-7-4-2-1-3-5-7;/h10-11H,5-9H2,1-4H3;4-7,11H,3,8H2,1-2H3;6H,1-5H2;1H4. The van der Waals surface area contributed by atoms with E-state index < -0.39 is 0 Å². The highest BCUT2D eigenvalue weighted by Crippen LogP contribution is 2.18. The van der Waals surface area contributed by atoms with E-state index in [1.54, 1.807) is 19.1 Å². The van der Waals surface area contributed by atoms with Crippen molar-refractivity contribution < 1.29 is 19.1 Å². The summed E-state index contributed by atoms with van der Waals surface area (Å²) in [6.07, 6.45) is 9.51. The number of likely N-dealkylation sites (tertiary alicyclic amines) is 1. The third-order valence-corrected chi connectivity index (χ3v) is 6.15. The number of nitrogens with zero attached hydrogens (tertiary/aromatic N) is 1. The van der Waals surface area contributed by atoms with Crippen LogP contribution < -0.4 is 9.46 Å². The fourth-order valence-electron chi connectivity index (χ4n) is 3.47. The summed E-state index contributed by atoms with van der Waals surface area (Å²) in [5.74, 6) is 1.98. The van der Waals surface area contributed by atoms with Crippen LogP contribution in [0.1, 0.15) is 93.4 Å². The Labute approximate surface area is 226 Å². The van der Waals surface area contributed by atoms with Crippen molar-refractivity contribution in [2.24, 2.45) is 11.8 Å². The molecule has 2 rings (SSSR count). The molecule has 0 aliphatic carbocycles. The third-order valence-electron chi connectivity index (χ3n) is 5.29. The number of rotatable bonds is 13. The van der Waals surface area contributed by atoms with Crippen LogP contribution in [-0.4, -0.2) is 50.6 Å². The monoisotopic (exact) mass is 526 g/mol. The van der Waals surface area contributed by atoms with Gasteiger partial charge in [-0.2, -0.15) is 0 Å². The van der Waals surface area contributed by atoms with Gasteiger partial charge < -0.3 is 14.4 Å². The quantitative estimate of drug-likeness (QED) is 0.125. The lowest BCUT2D eigenvalue weighted by atomic mass is 9.96. The maximum atomic E-state index is 11.3. The number of carbonyl (C=O) groups excluding carboxylic acids is 2. The minimum absolute atomic E-state index is 0. The lowest BCUT2D eigenvalue weighted by molar-refractivity contribution is -0.144. The number of piperidine rings is 1. The molecule has 0 aromatic heterocycles. The Kier molecular flexibility index (Phi) is 25.2. The number of benzene rings is 1. The smallest absolute Gasteiger partial charge is 0.306 e. The summed E-state index contributed by atoms with van der Waals surface area (Å²) in [6, 6.07) is 8.03. The number of methoxy groups -OCH3 is 1. The number of nitrogens with one attached hydrogen (secondary N) is 1. The Bertz CT molecular complexity index is 635. The summed E-state index contributed by atoms with van der Waals surface area (Å²) < 4.78 is 13.4. The van der Waals surface area contributed by atoms with Crippen molar-refractivity contribution in [1.29, 1.82) is 0 Å². The molecular formula is C29H54N2O4S. The third kappa shape index (κ3) is 21.5. The SMILES string of the molecule is C.CCCCOC(=O)CC(C)CC(C)C.CCCNSc1ccc(OC)cc1.O=CN1CCCCC1. The molecule has 1 amide bonds. The predicted molar refractivity (Wildman–Crippen MR) is 154 cm³/mol. The molecule has 1 atom stereocenters. The highest BCUT2D eigenvalue weighted by molar-refractivity contribution is 7.97. The zero-order valence-corrected chi connectivity index (χ0v) is 23.8. The molecule has 1 heterocycles. The fourth-order valence-corrected chi connectivity index (χ4v) is 4.21. The summed E-state index contributed by atoms with van der Waals surface area (Å²) in [5, 5.41) is 0. The summed E-state index contributed by atoms with van der Waals surface area (Å²) in [6.45, 7) is 14.3. The predicted octanol–water partition coefficient (Wildman–Crippen LogP) is 7.37. The molecule has 1 aliphatic rings. The van der Waals surface area contributed by atoms with Crippen LogP contribution in [0.2, 0.25) is 0 Å². The van der Waals surface area contributed by atoms with Crippen molar-refractivity contribution in [1.82, 2.24) is 9.62 Å². The molecule has 0 saturated carbocycles. The second-order valence-corrected chi connectivity index (χ2v) is 10.4. The first-order chi connectivity index (χ1) is 16.9. The van der Waals surface area contributed by atoms with Gasteiger partial charge in [0.2, 0.25) is 6.41 Å². The zero-order valence-electron chi connectivity index (χ0n) is 23.0. The van der Waals surface area contributed by atoms with Gasteiger partial charge in [0, 0.05) is 31.0 Å². The molecule has 36 heavy (non-hydrogen) atoms. The van der Waals surface area contributed by atoms with E-state index >= 15 is 0 Å². The van der Waals surface area contributed by atoms with E-state index in [1.807, 2.05) is 29.2 Å². The lowest BCUT2D eigenvalue weighted by Gasteiger charge is -2.21. The molecule has 0 bridgehead atoms. The van der Waals surface area contributed by atoms with Crippen molar-refractivity contribution in [3.8, 4) is 5.75 Å². The number of carbonyl (C=O) groups is 2. The van der Waals surface area contributed by atoms with Crippen LogP contribution >= 0.6 is 11.9 Å². The second kappa shape index (κ2) is 24.9. The van der Waals surface area contributed by atoms with Gasteiger partial charge in [0.1, 0.15) is 5.75 Å². The van der Waals surface area contributed by atoms with Gasteiger partial charge in [-0.1, -0.05) is 48.5 Å². The molecule has 7 heteroatoms. The Balaban J connectivity index is 0. The van der Waals surface area contributed by atoms with Crippen LogP contribution in [0.5, 0.6) is 5.75 Å². The highest BCUT2D eigenvalue weighted by Gasteiger charge is 2.11. The van der Waals surface area contributed by atoms with Crippen LogP contribution in [0.3, 0.4) is 0 Å². The van der Waals surface area contributed by atoms with Crippen LogP contribution in [0.25, 0.3) is 0 Å². The summed E-state index contributed by atoms with van der Waals surface area (Å²) in [5.41, 5.74) is 0.